The van der Waals surface area contributed by atoms with Crippen LogP contribution in [0.5, 0.6) is 0 Å². The van der Waals surface area contributed by atoms with Gasteiger partial charge < -0.3 is 15.7 Å². The second-order valence-electron chi connectivity index (χ2n) is 2.35. The van der Waals surface area contributed by atoms with Gasteiger partial charge in [-0.1, -0.05) is 0 Å². The maximum absolute atomic E-state index is 11.0. The summed E-state index contributed by atoms with van der Waals surface area (Å²) in [4.78, 5) is 26.3. The number of aromatic amines is 2. The number of carbonyl (C=O) groups is 1. The number of amides is 1. The van der Waals surface area contributed by atoms with E-state index in [0.717, 1.165) is 0 Å². The van der Waals surface area contributed by atoms with Gasteiger partial charge in [-0.2, -0.15) is 0 Å². The molecule has 5 N–H and O–H groups in total. The molecule has 12 heavy (non-hydrogen) atoms. The molecule has 0 aliphatic carbocycles. The molecule has 0 bridgehead atoms. The molecule has 1 aliphatic heterocycles. The number of imidazole rings is 1. The molecule has 0 aromatic carbocycles. The Kier molecular flexibility index (Phi) is 1.22. The molecule has 0 radical (unpaired) electrons. The van der Waals surface area contributed by atoms with Crippen LogP contribution in [0.2, 0.25) is 0 Å². The third-order valence-electron chi connectivity index (χ3n) is 1.50. The lowest BCUT2D eigenvalue weighted by Gasteiger charge is -2.19. The Balaban J connectivity index is 2.53. The van der Waals surface area contributed by atoms with Gasteiger partial charge in [0.1, 0.15) is 11.5 Å². The lowest BCUT2D eigenvalue weighted by molar-refractivity contribution is 0.0808. The van der Waals surface area contributed by atoms with Crippen LogP contribution in [0, 0.1) is 0 Å². The van der Waals surface area contributed by atoms with Gasteiger partial charge in [0.05, 0.1) is 0 Å². The summed E-state index contributed by atoms with van der Waals surface area (Å²) in [6.07, 6.45) is -1.16. The van der Waals surface area contributed by atoms with E-state index in [-0.39, 0.29) is 11.5 Å². The smallest absolute Gasteiger partial charge is 0.325 e. The molecule has 1 aromatic heterocycles. The largest absolute Gasteiger partial charge is 0.356 e. The zero-order chi connectivity index (χ0) is 8.72. The second-order valence-corrected chi connectivity index (χ2v) is 2.35. The van der Waals surface area contributed by atoms with Crippen molar-refractivity contribution in [2.45, 2.75) is 6.35 Å². The van der Waals surface area contributed by atoms with E-state index in [0.29, 0.717) is 0 Å². The number of anilines is 1. The molecule has 1 atom stereocenters. The van der Waals surface area contributed by atoms with Gasteiger partial charge in [-0.05, 0) is 0 Å². The average molecular weight is 170 g/mol. The number of aliphatic hydroxyl groups is 1. The standard InChI is InChI=1S/C5H6N4O3/c10-3-1-2(7-4(11)6-1)8-5(12)9-3/h5,8,12H,(H,9,10)(H2,6,7,11). The summed E-state index contributed by atoms with van der Waals surface area (Å²) < 4.78 is 0. The molecule has 0 saturated carbocycles. The van der Waals surface area contributed by atoms with Crippen LogP contribution in [-0.4, -0.2) is 27.3 Å². The predicted octanol–water partition coefficient (Wildman–Crippen LogP) is -1.87. The molecule has 1 aromatic rings. The molecule has 0 fully saturated rings. The number of hydrogen-bond acceptors (Lipinski definition) is 4. The fourth-order valence-electron chi connectivity index (χ4n) is 1.03. The van der Waals surface area contributed by atoms with Crippen LogP contribution in [0.3, 0.4) is 0 Å². The second kappa shape index (κ2) is 2.11. The van der Waals surface area contributed by atoms with Crippen molar-refractivity contribution in [3.63, 3.8) is 0 Å². The Bertz CT molecular complexity index is 378. The summed E-state index contributed by atoms with van der Waals surface area (Å²) in [7, 11) is 0. The molecule has 7 heteroatoms. The maximum atomic E-state index is 11.0. The van der Waals surface area contributed by atoms with Crippen molar-refractivity contribution < 1.29 is 9.90 Å². The lowest BCUT2D eigenvalue weighted by Crippen LogP contribution is -2.44. The van der Waals surface area contributed by atoms with E-state index in [1.54, 1.807) is 0 Å². The number of nitrogens with one attached hydrogen (secondary N) is 4. The van der Waals surface area contributed by atoms with Gasteiger partial charge in [-0.3, -0.25) is 14.8 Å². The summed E-state index contributed by atoms with van der Waals surface area (Å²) in [6.45, 7) is 0. The number of H-pyrrole nitrogens is 2. The minimum absolute atomic E-state index is 0.102. The van der Waals surface area contributed by atoms with E-state index in [1.807, 2.05) is 0 Å². The Morgan fingerprint density at radius 1 is 1.17 bits per heavy atom. The molecule has 2 rings (SSSR count). The third-order valence-corrected chi connectivity index (χ3v) is 1.50. The van der Waals surface area contributed by atoms with Crippen molar-refractivity contribution in [2.75, 3.05) is 5.32 Å². The van der Waals surface area contributed by atoms with E-state index < -0.39 is 17.9 Å². The van der Waals surface area contributed by atoms with Gasteiger partial charge in [0.25, 0.3) is 5.91 Å². The Hall–Kier alpha value is -1.76. The SMILES string of the molecule is O=C1NC(O)Nc2[nH]c(=O)[nH]c21. The molecule has 1 aliphatic rings. The minimum atomic E-state index is -1.16. The summed E-state index contributed by atoms with van der Waals surface area (Å²) in [6, 6.07) is 0. The highest BCUT2D eigenvalue weighted by atomic mass is 16.3. The van der Waals surface area contributed by atoms with Crippen LogP contribution in [0.4, 0.5) is 5.82 Å². The Morgan fingerprint density at radius 2 is 1.92 bits per heavy atom. The normalized spacial score (nSPS) is 21.1. The van der Waals surface area contributed by atoms with E-state index in [4.69, 9.17) is 5.11 Å². The van der Waals surface area contributed by atoms with Crippen LogP contribution in [0.15, 0.2) is 4.79 Å². The fourth-order valence-corrected chi connectivity index (χ4v) is 1.03. The number of aliphatic hydroxyl groups excluding tert-OH is 1. The van der Waals surface area contributed by atoms with Crippen molar-refractivity contribution in [3.05, 3.63) is 16.2 Å². The topological polar surface area (TPSA) is 110 Å². The third kappa shape index (κ3) is 0.873. The summed E-state index contributed by atoms with van der Waals surface area (Å²) in [5.41, 5.74) is -0.387. The lowest BCUT2D eigenvalue weighted by atomic mass is 10.3. The van der Waals surface area contributed by atoms with Crippen LogP contribution >= 0.6 is 0 Å². The van der Waals surface area contributed by atoms with Crippen LogP contribution < -0.4 is 16.3 Å². The molecule has 0 saturated heterocycles. The summed E-state index contributed by atoms with van der Waals surface area (Å²) in [5.74, 6) is -0.314. The first-order valence-corrected chi connectivity index (χ1v) is 3.24. The highest BCUT2D eigenvalue weighted by Crippen LogP contribution is 2.11. The van der Waals surface area contributed by atoms with E-state index in [1.165, 1.54) is 0 Å². The predicted molar refractivity (Wildman–Crippen MR) is 38.5 cm³/mol. The van der Waals surface area contributed by atoms with E-state index in [2.05, 4.69) is 20.6 Å². The number of fused-ring (bicyclic) bond motifs is 1. The first kappa shape index (κ1) is 6.92. The number of rotatable bonds is 0. The van der Waals surface area contributed by atoms with Gasteiger partial charge in [-0.25, -0.2) is 4.79 Å². The number of aromatic nitrogens is 2. The van der Waals surface area contributed by atoms with E-state index >= 15 is 0 Å². The Labute approximate surface area is 65.8 Å². The molecule has 64 valence electrons. The van der Waals surface area contributed by atoms with Gasteiger partial charge in [-0.15, -0.1) is 0 Å². The molecular weight excluding hydrogens is 164 g/mol. The quantitative estimate of drug-likeness (QED) is 0.314. The first-order chi connectivity index (χ1) is 5.66. The zero-order valence-corrected chi connectivity index (χ0v) is 5.84. The number of hydrogen-bond donors (Lipinski definition) is 5. The maximum Gasteiger partial charge on any atom is 0.325 e. The summed E-state index contributed by atoms with van der Waals surface area (Å²) in [5, 5.41) is 13.6. The van der Waals surface area contributed by atoms with Crippen molar-refractivity contribution in [3.8, 4) is 0 Å². The molecular formula is C5H6N4O3. The molecule has 0 spiro atoms. The van der Waals surface area contributed by atoms with Crippen LogP contribution in [0.25, 0.3) is 0 Å². The van der Waals surface area contributed by atoms with Crippen molar-refractivity contribution in [1.82, 2.24) is 15.3 Å². The van der Waals surface area contributed by atoms with Crippen LogP contribution in [0.1, 0.15) is 10.5 Å². The molecule has 1 amide bonds. The monoisotopic (exact) mass is 170 g/mol. The summed E-state index contributed by atoms with van der Waals surface area (Å²) >= 11 is 0. The van der Waals surface area contributed by atoms with Crippen LogP contribution in [-0.2, 0) is 0 Å². The van der Waals surface area contributed by atoms with Gasteiger partial charge in [0.2, 0.25) is 6.35 Å². The van der Waals surface area contributed by atoms with Crippen molar-refractivity contribution in [2.24, 2.45) is 0 Å². The molecule has 2 heterocycles. The average Bonchev–Trinajstić information content (AvgIpc) is 2.29. The first-order valence-electron chi connectivity index (χ1n) is 3.24. The van der Waals surface area contributed by atoms with Crippen molar-refractivity contribution >= 4 is 11.7 Å². The fraction of sp³-hybridized carbons (Fsp3) is 0.200. The van der Waals surface area contributed by atoms with Gasteiger partial charge in [0.15, 0.2) is 0 Å². The number of carbonyl (C=O) groups excluding carboxylic acids is 1. The van der Waals surface area contributed by atoms with Gasteiger partial charge >= 0.3 is 5.69 Å². The highest BCUT2D eigenvalue weighted by Gasteiger charge is 2.24. The van der Waals surface area contributed by atoms with Gasteiger partial charge in [0, 0.05) is 0 Å². The Morgan fingerprint density at radius 3 is 2.67 bits per heavy atom. The highest BCUT2D eigenvalue weighted by molar-refractivity contribution is 5.98. The molecule has 7 nitrogen and oxygen atoms in total. The molecule has 1 unspecified atom stereocenters. The van der Waals surface area contributed by atoms with Crippen molar-refractivity contribution in [1.29, 1.82) is 0 Å². The van der Waals surface area contributed by atoms with E-state index in [9.17, 15) is 9.59 Å². The minimum Gasteiger partial charge on any atom is -0.356 e. The zero-order valence-electron chi connectivity index (χ0n) is 5.84.